The van der Waals surface area contributed by atoms with Crippen LogP contribution in [0.5, 0.6) is 5.75 Å². The van der Waals surface area contributed by atoms with E-state index in [9.17, 15) is 9.59 Å². The summed E-state index contributed by atoms with van der Waals surface area (Å²) in [6.45, 7) is 3.96. The summed E-state index contributed by atoms with van der Waals surface area (Å²) in [5, 5.41) is 3.78. The van der Waals surface area contributed by atoms with Crippen molar-refractivity contribution < 1.29 is 14.3 Å². The van der Waals surface area contributed by atoms with Crippen molar-refractivity contribution >= 4 is 29.2 Å². The van der Waals surface area contributed by atoms with Crippen molar-refractivity contribution in [1.29, 1.82) is 0 Å². The van der Waals surface area contributed by atoms with Gasteiger partial charge < -0.3 is 19.4 Å². The van der Waals surface area contributed by atoms with Gasteiger partial charge in [0, 0.05) is 44.2 Å². The van der Waals surface area contributed by atoms with Crippen molar-refractivity contribution in [3.05, 3.63) is 58.3 Å². The molecule has 0 radical (unpaired) electrons. The van der Waals surface area contributed by atoms with Crippen LogP contribution >= 0.6 is 11.3 Å². The number of rotatable bonds is 7. The molecule has 1 aromatic carbocycles. The molecule has 2 amide bonds. The van der Waals surface area contributed by atoms with Crippen molar-refractivity contribution in [3.8, 4) is 5.75 Å². The highest BCUT2D eigenvalue weighted by atomic mass is 32.1. The summed E-state index contributed by atoms with van der Waals surface area (Å²) in [4.78, 5) is 30.9. The fourth-order valence-electron chi connectivity index (χ4n) is 3.20. The minimum absolute atomic E-state index is 0.0221. The Morgan fingerprint density at radius 3 is 2.50 bits per heavy atom. The second kappa shape index (κ2) is 10.9. The van der Waals surface area contributed by atoms with Crippen LogP contribution in [-0.4, -0.2) is 79.9 Å². The second-order valence-electron chi connectivity index (χ2n) is 7.54. The maximum Gasteiger partial charge on any atom is 0.254 e. The molecule has 1 aliphatic heterocycles. The van der Waals surface area contributed by atoms with E-state index >= 15 is 0 Å². The van der Waals surface area contributed by atoms with E-state index in [0.717, 1.165) is 29.8 Å². The van der Waals surface area contributed by atoms with Crippen LogP contribution in [0.4, 0.5) is 0 Å². The number of amides is 2. The number of benzene rings is 1. The molecule has 30 heavy (non-hydrogen) atoms. The predicted octanol–water partition coefficient (Wildman–Crippen LogP) is 3.08. The molecule has 0 aliphatic carbocycles. The molecule has 0 unspecified atom stereocenters. The van der Waals surface area contributed by atoms with Crippen LogP contribution in [0.3, 0.4) is 0 Å². The summed E-state index contributed by atoms with van der Waals surface area (Å²) in [5.41, 5.74) is 1.68. The van der Waals surface area contributed by atoms with Crippen LogP contribution in [0.25, 0.3) is 6.08 Å². The molecule has 0 spiro atoms. The number of nitrogens with zero attached hydrogens (tertiary/aromatic N) is 3. The van der Waals surface area contributed by atoms with Gasteiger partial charge in [-0.25, -0.2) is 0 Å². The summed E-state index contributed by atoms with van der Waals surface area (Å²) in [6.07, 6.45) is 4.22. The van der Waals surface area contributed by atoms with Gasteiger partial charge in [0.05, 0.1) is 5.56 Å². The lowest BCUT2D eigenvalue weighted by molar-refractivity contribution is -0.125. The normalized spacial score (nSPS) is 14.9. The van der Waals surface area contributed by atoms with Crippen LogP contribution in [0.15, 0.2) is 47.2 Å². The molecule has 0 N–H and O–H groups in total. The van der Waals surface area contributed by atoms with Crippen molar-refractivity contribution in [2.75, 3.05) is 53.4 Å². The number of hydrogen-bond donors (Lipinski definition) is 0. The molecule has 1 saturated heterocycles. The maximum atomic E-state index is 12.6. The lowest BCUT2D eigenvalue weighted by Gasteiger charge is -2.21. The van der Waals surface area contributed by atoms with Gasteiger partial charge >= 0.3 is 0 Å². The SMILES string of the molecule is CN(C)CCOc1ccc(C=CC(=O)N2CCCN(C(=O)c3ccsc3)CC2)cc1. The number of carbonyl (C=O) groups excluding carboxylic acids is 2. The van der Waals surface area contributed by atoms with Gasteiger partial charge in [-0.05, 0) is 55.7 Å². The Bertz CT molecular complexity index is 847. The first kappa shape index (κ1) is 22.1. The standard InChI is InChI=1S/C23H29N3O3S/c1-24(2)15-16-29-21-7-4-19(5-8-21)6-9-22(27)25-11-3-12-26(14-13-25)23(28)20-10-17-30-18-20/h4-10,17-18H,3,11-16H2,1-2H3. The third kappa shape index (κ3) is 6.43. The first-order valence-electron chi connectivity index (χ1n) is 10.2. The average molecular weight is 428 g/mol. The van der Waals surface area contributed by atoms with Gasteiger partial charge in [0.2, 0.25) is 5.91 Å². The minimum Gasteiger partial charge on any atom is -0.492 e. The van der Waals surface area contributed by atoms with Gasteiger partial charge in [0.1, 0.15) is 12.4 Å². The number of thiophene rings is 1. The predicted molar refractivity (Wildman–Crippen MR) is 121 cm³/mol. The van der Waals surface area contributed by atoms with Crippen molar-refractivity contribution in [3.63, 3.8) is 0 Å². The highest BCUT2D eigenvalue weighted by Gasteiger charge is 2.22. The zero-order chi connectivity index (χ0) is 21.3. The summed E-state index contributed by atoms with van der Waals surface area (Å²) >= 11 is 1.52. The fourth-order valence-corrected chi connectivity index (χ4v) is 3.83. The smallest absolute Gasteiger partial charge is 0.254 e. The molecule has 2 aromatic rings. The molecular formula is C23H29N3O3S. The molecule has 0 saturated carbocycles. The van der Waals surface area contributed by atoms with Gasteiger partial charge in [-0.2, -0.15) is 11.3 Å². The monoisotopic (exact) mass is 427 g/mol. The summed E-state index contributed by atoms with van der Waals surface area (Å²) in [7, 11) is 4.02. The van der Waals surface area contributed by atoms with Crippen molar-refractivity contribution in [2.45, 2.75) is 6.42 Å². The maximum absolute atomic E-state index is 12.6. The van der Waals surface area contributed by atoms with E-state index < -0.39 is 0 Å². The summed E-state index contributed by atoms with van der Waals surface area (Å²) < 4.78 is 5.69. The topological polar surface area (TPSA) is 53.1 Å². The second-order valence-corrected chi connectivity index (χ2v) is 8.32. The molecule has 160 valence electrons. The Hall–Kier alpha value is -2.64. The van der Waals surface area contributed by atoms with E-state index in [1.165, 1.54) is 11.3 Å². The van der Waals surface area contributed by atoms with E-state index in [2.05, 4.69) is 4.90 Å². The van der Waals surface area contributed by atoms with E-state index in [1.54, 1.807) is 6.08 Å². The Balaban J connectivity index is 1.49. The summed E-state index contributed by atoms with van der Waals surface area (Å²) in [6, 6.07) is 9.57. The van der Waals surface area contributed by atoms with E-state index in [1.807, 2.05) is 71.1 Å². The molecule has 3 rings (SSSR count). The van der Waals surface area contributed by atoms with Crippen LogP contribution in [-0.2, 0) is 4.79 Å². The number of likely N-dealkylation sites (N-methyl/N-ethyl adjacent to an activating group) is 1. The largest absolute Gasteiger partial charge is 0.492 e. The number of ether oxygens (including phenoxy) is 1. The quantitative estimate of drug-likeness (QED) is 0.638. The zero-order valence-corrected chi connectivity index (χ0v) is 18.4. The van der Waals surface area contributed by atoms with E-state index in [-0.39, 0.29) is 11.8 Å². The average Bonchev–Trinajstić information content (AvgIpc) is 3.16. The highest BCUT2D eigenvalue weighted by Crippen LogP contribution is 2.15. The molecule has 1 aliphatic rings. The lowest BCUT2D eigenvalue weighted by Crippen LogP contribution is -2.36. The Morgan fingerprint density at radius 2 is 1.80 bits per heavy atom. The molecule has 0 atom stereocenters. The lowest BCUT2D eigenvalue weighted by atomic mass is 10.2. The number of carbonyl (C=O) groups is 2. The zero-order valence-electron chi connectivity index (χ0n) is 17.6. The Kier molecular flexibility index (Phi) is 8.04. The van der Waals surface area contributed by atoms with Crippen LogP contribution in [0.1, 0.15) is 22.3 Å². The van der Waals surface area contributed by atoms with Crippen LogP contribution < -0.4 is 4.74 Å². The van der Waals surface area contributed by atoms with Gasteiger partial charge in [-0.15, -0.1) is 0 Å². The van der Waals surface area contributed by atoms with Gasteiger partial charge in [-0.1, -0.05) is 12.1 Å². The first-order chi connectivity index (χ1) is 14.5. The van der Waals surface area contributed by atoms with Gasteiger partial charge in [0.25, 0.3) is 5.91 Å². The Morgan fingerprint density at radius 1 is 1.07 bits per heavy atom. The summed E-state index contributed by atoms with van der Waals surface area (Å²) in [5.74, 6) is 0.850. The molecular weight excluding hydrogens is 398 g/mol. The first-order valence-corrected chi connectivity index (χ1v) is 11.1. The van der Waals surface area contributed by atoms with Gasteiger partial charge in [0.15, 0.2) is 0 Å². The molecule has 1 fully saturated rings. The van der Waals surface area contributed by atoms with Crippen LogP contribution in [0.2, 0.25) is 0 Å². The molecule has 1 aromatic heterocycles. The Labute approximate surface area is 182 Å². The molecule has 7 heteroatoms. The van der Waals surface area contributed by atoms with Crippen LogP contribution in [0, 0.1) is 0 Å². The third-order valence-electron chi connectivity index (χ3n) is 4.97. The third-order valence-corrected chi connectivity index (χ3v) is 5.65. The van der Waals surface area contributed by atoms with Crippen molar-refractivity contribution in [2.24, 2.45) is 0 Å². The minimum atomic E-state index is -0.0221. The molecule has 6 nitrogen and oxygen atoms in total. The highest BCUT2D eigenvalue weighted by molar-refractivity contribution is 7.08. The van der Waals surface area contributed by atoms with E-state index in [4.69, 9.17) is 4.74 Å². The van der Waals surface area contributed by atoms with Gasteiger partial charge in [-0.3, -0.25) is 9.59 Å². The van der Waals surface area contributed by atoms with Crippen molar-refractivity contribution in [1.82, 2.24) is 14.7 Å². The fraction of sp³-hybridized carbons (Fsp3) is 0.391. The van der Waals surface area contributed by atoms with E-state index in [0.29, 0.717) is 32.8 Å². The number of hydrogen-bond acceptors (Lipinski definition) is 5. The molecule has 2 heterocycles. The molecule has 0 bridgehead atoms.